The lowest BCUT2D eigenvalue weighted by Gasteiger charge is -2.15. The average Bonchev–Trinajstić information content (AvgIpc) is 0.830. The van der Waals surface area contributed by atoms with Crippen LogP contribution >= 0.6 is 22.3 Å². The third-order valence-electron chi connectivity index (χ3n) is 14.3. The molecule has 10 aromatic rings. The summed E-state index contributed by atoms with van der Waals surface area (Å²) in [6, 6.07) is 50.5. The highest BCUT2D eigenvalue weighted by Crippen LogP contribution is 2.47. The highest BCUT2D eigenvalue weighted by Gasteiger charge is 2.28. The van der Waals surface area contributed by atoms with Crippen molar-refractivity contribution < 1.29 is 163 Å². The number of pyridine rings is 6. The summed E-state index contributed by atoms with van der Waals surface area (Å²) < 4.78 is 62.1. The molecule has 538 valence electrons. The first-order valence-electron chi connectivity index (χ1n) is 29.8. The lowest BCUT2D eigenvalue weighted by molar-refractivity contribution is -0.692. The Morgan fingerprint density at radius 1 is 0.539 bits per heavy atom. The summed E-state index contributed by atoms with van der Waals surface area (Å²) in [5, 5.41) is 30.6. The maximum absolute atomic E-state index is 12.6. The predicted molar refractivity (Wildman–Crippen MR) is 360 cm³/mol. The average molecular weight is 1660 g/mol. The minimum Gasteiger partial charge on any atom is -1.00 e. The first kappa shape index (κ1) is 91.5. The molecule has 0 saturated carbocycles. The van der Waals surface area contributed by atoms with Gasteiger partial charge in [-0.2, -0.15) is 19.0 Å². The van der Waals surface area contributed by atoms with Crippen LogP contribution in [0, 0.1) is 38.1 Å². The third kappa shape index (κ3) is 29.4. The van der Waals surface area contributed by atoms with E-state index in [1.807, 2.05) is 185 Å². The summed E-state index contributed by atoms with van der Waals surface area (Å²) in [4.78, 5) is 52.6. The normalized spacial score (nSPS) is 10.3. The molecule has 0 saturated heterocycles. The Kier molecular flexibility index (Phi) is 40.2. The molecule has 6 aromatic heterocycles. The second-order valence-corrected chi connectivity index (χ2v) is 29.1. The molecule has 0 aliphatic heterocycles. The van der Waals surface area contributed by atoms with Crippen molar-refractivity contribution in [3.63, 3.8) is 0 Å². The molecule has 10 rings (SSSR count). The fourth-order valence-corrected chi connectivity index (χ4v) is 12.0. The lowest BCUT2D eigenvalue weighted by atomic mass is 10.1. The molecule has 33 heteroatoms. The van der Waals surface area contributed by atoms with Crippen molar-refractivity contribution >= 4 is 51.6 Å². The Hall–Kier alpha value is -8.52. The Bertz CT molecular complexity index is 4490. The molecule has 0 amide bonds. The van der Waals surface area contributed by atoms with Crippen LogP contribution < -0.4 is 121 Å². The van der Waals surface area contributed by atoms with Gasteiger partial charge in [-0.25, -0.2) is 18.5 Å². The number of halogens is 6. The van der Waals surface area contributed by atoms with Gasteiger partial charge in [-0.1, -0.05) is 0 Å². The van der Waals surface area contributed by atoms with Crippen LogP contribution in [0.3, 0.4) is 0 Å². The Balaban J connectivity index is 0.000000700. The number of aromatic nitrogens is 6. The molecule has 0 atom stereocenters. The van der Waals surface area contributed by atoms with Crippen LogP contribution in [-0.4, -0.2) is 71.1 Å². The lowest BCUT2D eigenvalue weighted by Crippen LogP contribution is -3.00. The molecule has 0 unspecified atom stereocenters. The number of nitrogens with zero attached hydrogens (tertiary/aromatic N) is 10. The molecule has 0 aliphatic carbocycles. The van der Waals surface area contributed by atoms with Crippen LogP contribution in [0.5, 0.6) is 5.75 Å². The van der Waals surface area contributed by atoms with Gasteiger partial charge in [0.15, 0.2) is 99.7 Å². The number of benzene rings is 4. The van der Waals surface area contributed by atoms with E-state index in [4.69, 9.17) is 41.1 Å². The minimum atomic E-state index is -3.99. The number of nitriles is 1. The van der Waals surface area contributed by atoms with Crippen molar-refractivity contribution in [2.45, 2.75) is 33.5 Å². The van der Waals surface area contributed by atoms with Crippen LogP contribution in [0.4, 0.5) is 22.7 Å². The van der Waals surface area contributed by atoms with Gasteiger partial charge in [0.25, 0.3) is 17.8 Å². The van der Waals surface area contributed by atoms with E-state index < -0.39 is 32.2 Å². The molecule has 6 heterocycles. The third-order valence-corrected chi connectivity index (χ3v) is 18.4. The first-order valence-corrected chi connectivity index (χ1v) is 36.2. The van der Waals surface area contributed by atoms with Crippen molar-refractivity contribution in [2.24, 2.45) is 0 Å². The van der Waals surface area contributed by atoms with Gasteiger partial charge < -0.3 is 117 Å². The second-order valence-electron chi connectivity index (χ2n) is 21.6. The van der Waals surface area contributed by atoms with Crippen LogP contribution in [0.2, 0.25) is 0 Å². The number of carbonyl (C=O) groups excluding carboxylic acids is 1. The van der Waals surface area contributed by atoms with E-state index in [0.29, 0.717) is 67.8 Å². The van der Waals surface area contributed by atoms with Crippen molar-refractivity contribution in [1.82, 2.24) is 0 Å². The molecule has 0 fully saturated rings. The quantitative estimate of drug-likeness (QED) is 0.0102. The number of aryl methyl sites for hydroxylation is 3. The van der Waals surface area contributed by atoms with Gasteiger partial charge in [-0.05, 0) is 121 Å². The van der Waals surface area contributed by atoms with E-state index in [1.165, 1.54) is 12.1 Å². The zero-order valence-corrected chi connectivity index (χ0v) is 64.2. The number of nitrogens with two attached hydrogens (primary N) is 1. The predicted octanol–water partition coefficient (Wildman–Crippen LogP) is -7.11. The maximum Gasteiger partial charge on any atom is 0.347 e. The largest absolute Gasteiger partial charge is 1.00 e. The number of nitro benzene ring substituents is 2. The SMILES string of the molecule is CP(C)(=O)CC[n+]1ccc(-c2cc[n+](-c3ccc([N+](=O)[O-])cc3[N+](=O)[O-])cc2)cc1.N#Cc1ccc(N)cc1.O=COc1ccc(-[n+]2ccc(-c3cc[n+](CCP(=O)(O)O)cc3)cc2)cc1.[Br-].[Br-].[C-]#[N+]c1ccc(-[n+]2ccc(-c3cc[n+](CCP(=O)(OCC)OCC)cc3)cc2)cc1.[Cl-].[Cl-].[Cl-].[Cl-]. The number of nitro groups is 2. The number of nitrogen functional groups attached to an aromatic ring is 1. The molecular weight excluding hydrogens is 1590 g/mol. The zero-order valence-electron chi connectivity index (χ0n) is 55.3. The summed E-state index contributed by atoms with van der Waals surface area (Å²) in [5.41, 5.74) is 15.0. The fraction of sp³-hybridized carbons (Fsp3) is 0.174. The number of anilines is 1. The molecule has 4 aromatic carbocycles. The Labute approximate surface area is 637 Å². The van der Waals surface area contributed by atoms with Crippen molar-refractivity contribution in [3.05, 3.63) is 275 Å². The maximum atomic E-state index is 12.6. The highest BCUT2D eigenvalue weighted by molar-refractivity contribution is 7.62. The number of rotatable bonds is 23. The number of hydrogen-bond donors (Lipinski definition) is 3. The van der Waals surface area contributed by atoms with Gasteiger partial charge in [-0.3, -0.25) is 34.2 Å². The second kappa shape index (κ2) is 44.8. The van der Waals surface area contributed by atoms with E-state index >= 15 is 0 Å². The smallest absolute Gasteiger partial charge is 0.347 e. The van der Waals surface area contributed by atoms with Crippen molar-refractivity contribution in [3.8, 4) is 62.3 Å². The molecule has 0 bridgehead atoms. The van der Waals surface area contributed by atoms with E-state index in [0.717, 1.165) is 50.8 Å². The number of hydrogen-bond acceptors (Lipinski definition) is 13. The number of carbonyl (C=O) groups is 1. The van der Waals surface area contributed by atoms with E-state index in [9.17, 15) is 38.7 Å². The van der Waals surface area contributed by atoms with Crippen LogP contribution in [0.25, 0.3) is 55.3 Å². The van der Waals surface area contributed by atoms with E-state index in [1.54, 1.807) is 83.6 Å². The van der Waals surface area contributed by atoms with Crippen molar-refractivity contribution in [1.29, 1.82) is 5.26 Å². The van der Waals surface area contributed by atoms with Crippen LogP contribution in [-0.2, 0) is 47.2 Å². The standard InChI is InChI=1S/C23H26N3O3P.C20H21N4O5P.C19H17N2O5P.C7H6N2.2BrH.4ClH/c1-4-28-30(27,29-5-2)19-18-25-14-10-20(11-15-25)21-12-16-26(17-13-21)23-8-6-22(24-3)7-9-23;1-30(2,29)14-13-21-9-5-16(6-10-21)17-7-11-22(12-8-17)19-4-3-18(23(25)26)15-20(19)24(27)28;22-15-26-19-3-1-18(2-4-19)21-11-7-17(8-12-21)16-5-9-20(10-6-16)13-14-27(23,24)25;8-5-6-1-3-7(9)4-2-6;;;;;;/h6-17H,4-5,18-19H2,1-2H3;3-12,15H,13-14H2,1-2H3;1-12,15H,13-14H2;1-4H,9H2;6*1H/q2*+2;;;;;;;;/p-4. The molecule has 102 heavy (non-hydrogen) atoms. The first-order chi connectivity index (χ1) is 46.0. The summed E-state index contributed by atoms with van der Waals surface area (Å²) in [5.74, 6) is 0.488. The molecule has 0 spiro atoms. The number of non-ortho nitro benzene ring substituents is 1. The monoisotopic (exact) mass is 1650 g/mol. The van der Waals surface area contributed by atoms with Gasteiger partial charge in [0.05, 0.1) is 54.6 Å². The van der Waals surface area contributed by atoms with Gasteiger partial charge in [0, 0.05) is 103 Å². The Morgan fingerprint density at radius 3 is 1.25 bits per heavy atom. The van der Waals surface area contributed by atoms with Gasteiger partial charge in [0.2, 0.25) is 11.4 Å². The molecule has 0 radical (unpaired) electrons. The van der Waals surface area contributed by atoms with Crippen LogP contribution in [0.1, 0.15) is 19.4 Å². The summed E-state index contributed by atoms with van der Waals surface area (Å²) in [6.07, 6.45) is 23.4. The minimum absolute atomic E-state index is 0. The Morgan fingerprint density at radius 2 is 0.912 bits per heavy atom. The van der Waals surface area contributed by atoms with Gasteiger partial charge in [0.1, 0.15) is 24.1 Å². The van der Waals surface area contributed by atoms with E-state index in [-0.39, 0.29) is 113 Å². The zero-order chi connectivity index (χ0) is 69.3. The summed E-state index contributed by atoms with van der Waals surface area (Å²) in [7, 11) is -9.09. The fourth-order valence-electron chi connectivity index (χ4n) is 9.16. The molecule has 0 aliphatic rings. The van der Waals surface area contributed by atoms with Crippen LogP contribution in [0.15, 0.2) is 238 Å². The van der Waals surface area contributed by atoms with Gasteiger partial charge >= 0.3 is 20.9 Å². The van der Waals surface area contributed by atoms with Crippen molar-refractivity contribution in [2.75, 3.05) is 50.8 Å². The summed E-state index contributed by atoms with van der Waals surface area (Å²) in [6.45, 7) is 16.9. The van der Waals surface area contributed by atoms with E-state index in [2.05, 4.69) is 17.0 Å². The topological polar surface area (TPSA) is 300 Å². The highest BCUT2D eigenvalue weighted by atomic mass is 79.9. The number of ether oxygens (including phenoxy) is 1. The van der Waals surface area contributed by atoms with Gasteiger partial charge in [-0.15, -0.1) is 0 Å². The molecule has 4 N–H and O–H groups in total. The molecule has 24 nitrogen and oxygen atoms in total. The molecular formula is C69H72Br2Cl4N11O13P3. The summed E-state index contributed by atoms with van der Waals surface area (Å²) >= 11 is 0.